The van der Waals surface area contributed by atoms with E-state index in [0.29, 0.717) is 6.04 Å². The van der Waals surface area contributed by atoms with Crippen molar-refractivity contribution in [3.05, 3.63) is 18.7 Å². The largest absolute Gasteiger partial charge is 0.364 e. The van der Waals surface area contributed by atoms with Crippen LogP contribution in [0.2, 0.25) is 0 Å². The molecule has 0 aliphatic heterocycles. The van der Waals surface area contributed by atoms with Crippen LogP contribution in [0.3, 0.4) is 0 Å². The van der Waals surface area contributed by atoms with E-state index < -0.39 is 0 Å². The summed E-state index contributed by atoms with van der Waals surface area (Å²) in [5.41, 5.74) is 0.800. The summed E-state index contributed by atoms with van der Waals surface area (Å²) >= 11 is 0. The predicted octanol–water partition coefficient (Wildman–Crippen LogP) is 1.72. The van der Waals surface area contributed by atoms with Gasteiger partial charge in [-0.3, -0.25) is 4.40 Å². The Morgan fingerprint density at radius 2 is 2.38 bits per heavy atom. The molecule has 1 saturated carbocycles. The zero-order valence-corrected chi connectivity index (χ0v) is 9.30. The van der Waals surface area contributed by atoms with Gasteiger partial charge in [0.05, 0.1) is 0 Å². The van der Waals surface area contributed by atoms with E-state index in [4.69, 9.17) is 0 Å². The summed E-state index contributed by atoms with van der Waals surface area (Å²) in [5, 5.41) is 11.4. The van der Waals surface area contributed by atoms with Crippen molar-refractivity contribution in [1.82, 2.24) is 19.6 Å². The zero-order chi connectivity index (χ0) is 11.0. The average Bonchev–Trinajstić information content (AvgIpc) is 2.63. The van der Waals surface area contributed by atoms with Crippen molar-refractivity contribution in [2.45, 2.75) is 32.2 Å². The second kappa shape index (κ2) is 3.73. The zero-order valence-electron chi connectivity index (χ0n) is 9.30. The van der Waals surface area contributed by atoms with E-state index in [-0.39, 0.29) is 0 Å². The van der Waals surface area contributed by atoms with Gasteiger partial charge >= 0.3 is 0 Å². The third-order valence-electron chi connectivity index (χ3n) is 3.44. The molecule has 84 valence electrons. The Labute approximate surface area is 93.9 Å². The number of rotatable bonds is 3. The first-order chi connectivity index (χ1) is 7.84. The molecular weight excluding hydrogens is 202 g/mol. The number of nitrogens with one attached hydrogen (secondary N) is 1. The van der Waals surface area contributed by atoms with Gasteiger partial charge in [-0.2, -0.15) is 0 Å². The van der Waals surface area contributed by atoms with Crippen LogP contribution >= 0.6 is 0 Å². The molecule has 0 bridgehead atoms. The number of fused-ring (bicyclic) bond motifs is 1. The lowest BCUT2D eigenvalue weighted by Gasteiger charge is -2.32. The summed E-state index contributed by atoms with van der Waals surface area (Å²) in [6.07, 6.45) is 9.32. The number of hydrogen-bond donors (Lipinski definition) is 1. The van der Waals surface area contributed by atoms with Crippen LogP contribution < -0.4 is 5.32 Å². The number of aromatic nitrogens is 4. The maximum atomic E-state index is 4.33. The Morgan fingerprint density at radius 3 is 3.12 bits per heavy atom. The van der Waals surface area contributed by atoms with Crippen molar-refractivity contribution < 1.29 is 0 Å². The molecule has 1 fully saturated rings. The van der Waals surface area contributed by atoms with Crippen LogP contribution in [0.1, 0.15) is 26.2 Å². The summed E-state index contributed by atoms with van der Waals surface area (Å²) in [5.74, 6) is 1.62. The highest BCUT2D eigenvalue weighted by Crippen LogP contribution is 2.31. The van der Waals surface area contributed by atoms with E-state index in [2.05, 4.69) is 27.4 Å². The molecule has 1 unspecified atom stereocenters. The lowest BCUT2D eigenvalue weighted by molar-refractivity contribution is 0.285. The third-order valence-corrected chi connectivity index (χ3v) is 3.44. The maximum absolute atomic E-state index is 4.33. The quantitative estimate of drug-likeness (QED) is 0.850. The van der Waals surface area contributed by atoms with E-state index in [0.717, 1.165) is 17.4 Å². The van der Waals surface area contributed by atoms with Gasteiger partial charge in [0.25, 0.3) is 0 Å². The smallest absolute Gasteiger partial charge is 0.203 e. The van der Waals surface area contributed by atoms with E-state index >= 15 is 0 Å². The minimum atomic E-state index is 0.462. The highest BCUT2D eigenvalue weighted by atomic mass is 15.2. The van der Waals surface area contributed by atoms with Gasteiger partial charge in [-0.1, -0.05) is 6.42 Å². The normalized spacial score (nSPS) is 18.3. The van der Waals surface area contributed by atoms with Gasteiger partial charge in [0.2, 0.25) is 5.65 Å². The van der Waals surface area contributed by atoms with Crippen LogP contribution in [-0.2, 0) is 0 Å². The van der Waals surface area contributed by atoms with E-state index in [1.54, 1.807) is 12.5 Å². The predicted molar refractivity (Wildman–Crippen MR) is 61.2 cm³/mol. The highest BCUT2D eigenvalue weighted by Gasteiger charge is 2.24. The molecule has 16 heavy (non-hydrogen) atoms. The SMILES string of the molecule is CC(Nc1nccn2cnnc12)C1CCC1. The van der Waals surface area contributed by atoms with Crippen LogP contribution in [0, 0.1) is 5.92 Å². The van der Waals surface area contributed by atoms with Crippen LogP contribution in [0.15, 0.2) is 18.7 Å². The molecule has 0 aromatic carbocycles. The van der Waals surface area contributed by atoms with E-state index in [9.17, 15) is 0 Å². The summed E-state index contributed by atoms with van der Waals surface area (Å²) in [4.78, 5) is 4.33. The Hall–Kier alpha value is -1.65. The molecule has 1 aliphatic rings. The molecule has 2 heterocycles. The molecule has 0 radical (unpaired) electrons. The topological polar surface area (TPSA) is 55.1 Å². The number of nitrogens with zero attached hydrogens (tertiary/aromatic N) is 4. The molecule has 2 aromatic heterocycles. The maximum Gasteiger partial charge on any atom is 0.203 e. The Balaban J connectivity index is 1.85. The van der Waals surface area contributed by atoms with Gasteiger partial charge in [0.15, 0.2) is 5.82 Å². The molecule has 5 heteroatoms. The second-order valence-corrected chi connectivity index (χ2v) is 4.46. The Bertz CT molecular complexity index is 488. The van der Waals surface area contributed by atoms with Crippen LogP contribution in [0.5, 0.6) is 0 Å². The summed E-state index contributed by atoms with van der Waals surface area (Å²) < 4.78 is 1.88. The van der Waals surface area contributed by atoms with Gasteiger partial charge in [-0.15, -0.1) is 10.2 Å². The lowest BCUT2D eigenvalue weighted by Crippen LogP contribution is -2.31. The van der Waals surface area contributed by atoms with Crippen molar-refractivity contribution in [2.75, 3.05) is 5.32 Å². The van der Waals surface area contributed by atoms with Gasteiger partial charge < -0.3 is 5.32 Å². The van der Waals surface area contributed by atoms with Gasteiger partial charge in [0, 0.05) is 18.4 Å². The lowest BCUT2D eigenvalue weighted by atomic mass is 9.80. The molecule has 0 saturated heterocycles. The summed E-state index contributed by atoms with van der Waals surface area (Å²) in [6, 6.07) is 0.462. The summed E-state index contributed by atoms with van der Waals surface area (Å²) in [7, 11) is 0. The first kappa shape index (κ1) is 9.57. The molecule has 1 aliphatic carbocycles. The van der Waals surface area contributed by atoms with Crippen LogP contribution in [0.25, 0.3) is 5.65 Å². The van der Waals surface area contributed by atoms with Gasteiger partial charge in [-0.25, -0.2) is 4.98 Å². The molecule has 2 aromatic rings. The van der Waals surface area contributed by atoms with E-state index in [1.165, 1.54) is 19.3 Å². The van der Waals surface area contributed by atoms with Crippen molar-refractivity contribution in [3.8, 4) is 0 Å². The fraction of sp³-hybridized carbons (Fsp3) is 0.545. The average molecular weight is 217 g/mol. The minimum absolute atomic E-state index is 0.462. The van der Waals surface area contributed by atoms with Gasteiger partial charge in [0.1, 0.15) is 6.33 Å². The van der Waals surface area contributed by atoms with Crippen molar-refractivity contribution in [1.29, 1.82) is 0 Å². The first-order valence-electron chi connectivity index (χ1n) is 5.75. The van der Waals surface area contributed by atoms with Gasteiger partial charge in [-0.05, 0) is 25.7 Å². The standard InChI is InChI=1S/C11H15N5/c1-8(9-3-2-4-9)14-10-11-15-13-7-16(11)6-5-12-10/h5-9H,2-4H2,1H3,(H,12,14). The summed E-state index contributed by atoms with van der Waals surface area (Å²) in [6.45, 7) is 2.21. The number of anilines is 1. The first-order valence-corrected chi connectivity index (χ1v) is 5.75. The monoisotopic (exact) mass is 217 g/mol. The fourth-order valence-electron chi connectivity index (χ4n) is 2.13. The van der Waals surface area contributed by atoms with Crippen molar-refractivity contribution in [3.63, 3.8) is 0 Å². The number of hydrogen-bond acceptors (Lipinski definition) is 4. The third kappa shape index (κ3) is 1.52. The molecule has 0 amide bonds. The van der Waals surface area contributed by atoms with Crippen molar-refractivity contribution >= 4 is 11.5 Å². The van der Waals surface area contributed by atoms with Crippen LogP contribution in [-0.4, -0.2) is 25.6 Å². The molecule has 5 nitrogen and oxygen atoms in total. The Morgan fingerprint density at radius 1 is 1.50 bits per heavy atom. The van der Waals surface area contributed by atoms with E-state index in [1.807, 2.05) is 10.6 Å². The minimum Gasteiger partial charge on any atom is -0.364 e. The molecule has 1 atom stereocenters. The van der Waals surface area contributed by atoms with Crippen molar-refractivity contribution in [2.24, 2.45) is 5.92 Å². The van der Waals surface area contributed by atoms with Crippen LogP contribution in [0.4, 0.5) is 5.82 Å². The molecule has 3 rings (SSSR count). The molecule has 1 N–H and O–H groups in total. The molecular formula is C11H15N5. The fourth-order valence-corrected chi connectivity index (χ4v) is 2.13. The highest BCUT2D eigenvalue weighted by molar-refractivity contribution is 5.61. The molecule has 0 spiro atoms. The Kier molecular flexibility index (Phi) is 2.23. The second-order valence-electron chi connectivity index (χ2n) is 4.46.